The Kier molecular flexibility index (Phi) is 5.59. The van der Waals surface area contributed by atoms with Crippen molar-refractivity contribution in [3.8, 4) is 0 Å². The summed E-state index contributed by atoms with van der Waals surface area (Å²) in [4.78, 5) is 50.9. The Morgan fingerprint density at radius 3 is 2.53 bits per heavy atom. The van der Waals surface area contributed by atoms with Crippen molar-refractivity contribution in [2.45, 2.75) is 20.4 Å². The number of esters is 1. The first-order valence-electron chi connectivity index (χ1n) is 9.90. The van der Waals surface area contributed by atoms with E-state index in [1.165, 1.54) is 24.5 Å². The number of amides is 3. The number of aryl methyl sites for hydroxylation is 2. The van der Waals surface area contributed by atoms with Gasteiger partial charge in [-0.25, -0.2) is 4.79 Å². The number of benzene rings is 2. The number of hydrogen-bond acceptors (Lipinski definition) is 6. The Hall–Kier alpha value is -4.20. The molecule has 0 saturated carbocycles. The Bertz CT molecular complexity index is 1230. The zero-order valence-electron chi connectivity index (χ0n) is 17.5. The van der Waals surface area contributed by atoms with Gasteiger partial charge in [0.2, 0.25) is 0 Å². The molecule has 4 rings (SSSR count). The number of carbonyl (C=O) groups is 4. The largest absolute Gasteiger partial charge is 0.467 e. The number of imide groups is 1. The molecule has 1 N–H and O–H groups in total. The van der Waals surface area contributed by atoms with Crippen LogP contribution in [0.5, 0.6) is 0 Å². The quantitative estimate of drug-likeness (QED) is 0.472. The minimum atomic E-state index is -0.770. The number of ether oxygens (including phenoxy) is 1. The van der Waals surface area contributed by atoms with Crippen molar-refractivity contribution < 1.29 is 28.3 Å². The summed E-state index contributed by atoms with van der Waals surface area (Å²) in [5, 5.41) is 2.71. The van der Waals surface area contributed by atoms with Crippen LogP contribution in [0.25, 0.3) is 0 Å². The molecule has 1 aliphatic rings. The molecule has 0 aliphatic carbocycles. The lowest BCUT2D eigenvalue weighted by Gasteiger charge is -2.11. The van der Waals surface area contributed by atoms with Crippen molar-refractivity contribution in [3.63, 3.8) is 0 Å². The van der Waals surface area contributed by atoms with Gasteiger partial charge in [-0.15, -0.1) is 0 Å². The average Bonchev–Trinajstić information content (AvgIpc) is 3.37. The second-order valence-corrected chi connectivity index (χ2v) is 7.48. The highest BCUT2D eigenvalue weighted by Gasteiger charge is 2.36. The van der Waals surface area contributed by atoms with Crippen molar-refractivity contribution >= 4 is 29.4 Å². The number of nitrogens with zero attached hydrogens (tertiary/aromatic N) is 1. The average molecular weight is 432 g/mol. The minimum absolute atomic E-state index is 0.00231. The van der Waals surface area contributed by atoms with E-state index in [0.717, 1.165) is 16.0 Å². The molecule has 8 heteroatoms. The zero-order chi connectivity index (χ0) is 22.8. The van der Waals surface area contributed by atoms with Crippen LogP contribution in [0.4, 0.5) is 5.69 Å². The molecule has 3 amide bonds. The second kappa shape index (κ2) is 8.50. The molecule has 0 saturated heterocycles. The lowest BCUT2D eigenvalue weighted by atomic mass is 10.1. The van der Waals surface area contributed by atoms with Crippen LogP contribution < -0.4 is 5.32 Å². The van der Waals surface area contributed by atoms with Gasteiger partial charge in [0, 0.05) is 5.69 Å². The maximum absolute atomic E-state index is 12.7. The van der Waals surface area contributed by atoms with Gasteiger partial charge >= 0.3 is 5.97 Å². The zero-order valence-corrected chi connectivity index (χ0v) is 17.5. The van der Waals surface area contributed by atoms with Crippen molar-refractivity contribution in [2.24, 2.45) is 0 Å². The van der Waals surface area contributed by atoms with E-state index in [1.54, 1.807) is 12.1 Å². The van der Waals surface area contributed by atoms with Crippen LogP contribution in [-0.4, -0.2) is 35.2 Å². The summed E-state index contributed by atoms with van der Waals surface area (Å²) in [7, 11) is 0. The molecule has 8 nitrogen and oxygen atoms in total. The third-order valence-electron chi connectivity index (χ3n) is 5.10. The molecule has 1 aromatic heterocycles. The number of anilines is 1. The number of carbonyl (C=O) groups excluding carboxylic acids is 4. The van der Waals surface area contributed by atoms with Gasteiger partial charge in [-0.05, 0) is 61.4 Å². The molecule has 0 radical (unpaired) electrons. The highest BCUT2D eigenvalue weighted by Crippen LogP contribution is 2.26. The van der Waals surface area contributed by atoms with E-state index in [-0.39, 0.29) is 23.2 Å². The molecule has 2 aromatic carbocycles. The Morgan fingerprint density at radius 2 is 1.78 bits per heavy atom. The van der Waals surface area contributed by atoms with Gasteiger partial charge in [0.15, 0.2) is 6.61 Å². The second-order valence-electron chi connectivity index (χ2n) is 7.48. The minimum Gasteiger partial charge on any atom is -0.467 e. The van der Waals surface area contributed by atoms with Crippen LogP contribution in [-0.2, 0) is 16.1 Å². The number of hydrogen-bond donors (Lipinski definition) is 1. The van der Waals surface area contributed by atoms with Gasteiger partial charge < -0.3 is 14.5 Å². The normalized spacial score (nSPS) is 12.6. The molecule has 2 heterocycles. The van der Waals surface area contributed by atoms with Gasteiger partial charge in [-0.1, -0.05) is 12.1 Å². The number of furan rings is 1. The number of fused-ring (bicyclic) bond motifs is 1. The fourth-order valence-electron chi connectivity index (χ4n) is 3.39. The number of nitrogens with one attached hydrogen (secondary N) is 1. The summed E-state index contributed by atoms with van der Waals surface area (Å²) in [6.45, 7) is 3.28. The van der Waals surface area contributed by atoms with Crippen LogP contribution in [0, 0.1) is 13.8 Å². The molecular weight excluding hydrogens is 412 g/mol. The SMILES string of the molecule is Cc1ccc(C)c(NC(=O)COC(=O)c2ccc3c(c2)C(=O)N(Cc2ccco2)C3=O)c1. The molecular formula is C24H20N2O6. The third kappa shape index (κ3) is 4.15. The molecule has 162 valence electrons. The highest BCUT2D eigenvalue weighted by atomic mass is 16.5. The maximum Gasteiger partial charge on any atom is 0.338 e. The first-order valence-corrected chi connectivity index (χ1v) is 9.90. The molecule has 0 bridgehead atoms. The van der Waals surface area contributed by atoms with Gasteiger partial charge in [-0.3, -0.25) is 19.3 Å². The van der Waals surface area contributed by atoms with E-state index in [2.05, 4.69) is 5.32 Å². The maximum atomic E-state index is 12.7. The molecule has 3 aromatic rings. The van der Waals surface area contributed by atoms with Crippen molar-refractivity contribution in [2.75, 3.05) is 11.9 Å². The van der Waals surface area contributed by atoms with Gasteiger partial charge in [0.1, 0.15) is 5.76 Å². The molecule has 0 spiro atoms. The molecule has 1 aliphatic heterocycles. The molecule has 0 unspecified atom stereocenters. The molecule has 0 atom stereocenters. The first kappa shape index (κ1) is 21.0. The van der Waals surface area contributed by atoms with Gasteiger partial charge in [0.25, 0.3) is 17.7 Å². The standard InChI is InChI=1S/C24H20N2O6/c1-14-5-6-15(2)20(10-14)25-21(27)13-32-24(30)16-7-8-18-19(11-16)23(29)26(22(18)28)12-17-4-3-9-31-17/h3-11H,12-13H2,1-2H3,(H,25,27). The van der Waals surface area contributed by atoms with Crippen molar-refractivity contribution in [1.82, 2.24) is 4.90 Å². The van der Waals surface area contributed by atoms with Crippen LogP contribution in [0.1, 0.15) is 48.0 Å². The van der Waals surface area contributed by atoms with Crippen LogP contribution >= 0.6 is 0 Å². The van der Waals surface area contributed by atoms with Gasteiger partial charge in [-0.2, -0.15) is 0 Å². The molecule has 0 fully saturated rings. The topological polar surface area (TPSA) is 106 Å². The predicted molar refractivity (Wildman–Crippen MR) is 114 cm³/mol. The van der Waals surface area contributed by atoms with E-state index in [1.807, 2.05) is 32.0 Å². The first-order chi connectivity index (χ1) is 15.3. The fourth-order valence-corrected chi connectivity index (χ4v) is 3.39. The fraction of sp³-hybridized carbons (Fsp3) is 0.167. The van der Waals surface area contributed by atoms with Crippen LogP contribution in [0.3, 0.4) is 0 Å². The monoisotopic (exact) mass is 432 g/mol. The smallest absolute Gasteiger partial charge is 0.338 e. The summed E-state index contributed by atoms with van der Waals surface area (Å²) in [6, 6.07) is 13.1. The van der Waals surface area contributed by atoms with E-state index in [4.69, 9.17) is 9.15 Å². The van der Waals surface area contributed by atoms with Crippen molar-refractivity contribution in [3.05, 3.63) is 88.4 Å². The summed E-state index contributed by atoms with van der Waals surface area (Å²) in [5.74, 6) is -1.77. The summed E-state index contributed by atoms with van der Waals surface area (Å²) < 4.78 is 10.3. The Balaban J connectivity index is 1.41. The van der Waals surface area contributed by atoms with Crippen LogP contribution in [0.15, 0.2) is 59.2 Å². The van der Waals surface area contributed by atoms with Crippen molar-refractivity contribution in [1.29, 1.82) is 0 Å². The Morgan fingerprint density at radius 1 is 1.00 bits per heavy atom. The lowest BCUT2D eigenvalue weighted by molar-refractivity contribution is -0.119. The van der Waals surface area contributed by atoms with E-state index in [9.17, 15) is 19.2 Å². The summed E-state index contributed by atoms with van der Waals surface area (Å²) >= 11 is 0. The third-order valence-corrected chi connectivity index (χ3v) is 5.10. The molecule has 32 heavy (non-hydrogen) atoms. The lowest BCUT2D eigenvalue weighted by Crippen LogP contribution is -2.28. The van der Waals surface area contributed by atoms with E-state index >= 15 is 0 Å². The summed E-state index contributed by atoms with van der Waals surface area (Å²) in [5.41, 5.74) is 2.90. The van der Waals surface area contributed by atoms with E-state index in [0.29, 0.717) is 11.4 Å². The highest BCUT2D eigenvalue weighted by molar-refractivity contribution is 6.21. The summed E-state index contributed by atoms with van der Waals surface area (Å²) in [6.07, 6.45) is 1.46. The van der Waals surface area contributed by atoms with Gasteiger partial charge in [0.05, 0.1) is 29.5 Å². The predicted octanol–water partition coefficient (Wildman–Crippen LogP) is 3.49. The van der Waals surface area contributed by atoms with E-state index < -0.39 is 30.3 Å². The number of rotatable bonds is 6. The van der Waals surface area contributed by atoms with Crippen LogP contribution in [0.2, 0.25) is 0 Å². The Labute approximate surface area is 183 Å².